The number of thiol groups is 1. The predicted octanol–water partition coefficient (Wildman–Crippen LogP) is 1.56. The molecule has 2 N–H and O–H groups in total. The van der Waals surface area contributed by atoms with E-state index in [1.54, 1.807) is 11.3 Å². The highest BCUT2D eigenvalue weighted by Gasteiger charge is 2.18. The molecule has 2 nitrogen and oxygen atoms in total. The van der Waals surface area contributed by atoms with Crippen LogP contribution in [-0.2, 0) is 12.8 Å². The van der Waals surface area contributed by atoms with Crippen LogP contribution in [0.5, 0.6) is 0 Å². The molecule has 1 aromatic heterocycles. The van der Waals surface area contributed by atoms with Crippen molar-refractivity contribution in [3.8, 4) is 0 Å². The van der Waals surface area contributed by atoms with Crippen LogP contribution in [0.1, 0.15) is 28.0 Å². The number of hydrogen-bond donors (Lipinski definition) is 2. The molecule has 12 heavy (non-hydrogen) atoms. The van der Waals surface area contributed by atoms with Gasteiger partial charge in [0.2, 0.25) is 0 Å². The number of thiazole rings is 1. The van der Waals surface area contributed by atoms with E-state index in [0.29, 0.717) is 5.75 Å². The summed E-state index contributed by atoms with van der Waals surface area (Å²) in [6.07, 6.45) is 3.61. The van der Waals surface area contributed by atoms with Crippen LogP contribution in [0.2, 0.25) is 0 Å². The molecule has 66 valence electrons. The molecule has 2 rings (SSSR count). The van der Waals surface area contributed by atoms with E-state index < -0.39 is 0 Å². The second-order valence-electron chi connectivity index (χ2n) is 3.06. The van der Waals surface area contributed by atoms with E-state index in [4.69, 9.17) is 5.73 Å². The van der Waals surface area contributed by atoms with Gasteiger partial charge in [0.05, 0.1) is 11.7 Å². The van der Waals surface area contributed by atoms with Crippen molar-refractivity contribution >= 4 is 24.0 Å². The van der Waals surface area contributed by atoms with Crippen LogP contribution in [0, 0.1) is 0 Å². The van der Waals surface area contributed by atoms with Gasteiger partial charge in [0.1, 0.15) is 5.01 Å². The Labute approximate surface area is 81.6 Å². The Morgan fingerprint density at radius 2 is 2.42 bits per heavy atom. The van der Waals surface area contributed by atoms with E-state index >= 15 is 0 Å². The molecule has 0 saturated carbocycles. The van der Waals surface area contributed by atoms with Crippen molar-refractivity contribution in [1.29, 1.82) is 0 Å². The summed E-state index contributed by atoms with van der Waals surface area (Å²) < 4.78 is 0. The summed E-state index contributed by atoms with van der Waals surface area (Å²) in [4.78, 5) is 5.95. The maximum absolute atomic E-state index is 5.83. The number of nitrogens with zero attached hydrogens (tertiary/aromatic N) is 1. The molecule has 1 heterocycles. The Kier molecular flexibility index (Phi) is 2.39. The second-order valence-corrected chi connectivity index (χ2v) is 4.54. The molecule has 0 amide bonds. The fraction of sp³-hybridized carbons (Fsp3) is 0.625. The highest BCUT2D eigenvalue weighted by Crippen LogP contribution is 2.29. The summed E-state index contributed by atoms with van der Waals surface area (Å²) in [5.74, 6) is 0.687. The predicted molar refractivity (Wildman–Crippen MR) is 54.9 cm³/mol. The van der Waals surface area contributed by atoms with Crippen molar-refractivity contribution in [2.45, 2.75) is 25.3 Å². The molecule has 1 aromatic rings. The topological polar surface area (TPSA) is 38.9 Å². The largest absolute Gasteiger partial charge is 0.321 e. The van der Waals surface area contributed by atoms with Gasteiger partial charge >= 0.3 is 0 Å². The first-order valence-electron chi connectivity index (χ1n) is 4.16. The Hall–Kier alpha value is -0.0600. The van der Waals surface area contributed by atoms with Gasteiger partial charge in [-0.25, -0.2) is 4.98 Å². The Bertz CT molecular complexity index is 261. The SMILES string of the molecule is NC(CS)c1nc2c(s1)CCC2. The van der Waals surface area contributed by atoms with Gasteiger partial charge in [-0.2, -0.15) is 12.6 Å². The number of hydrogen-bond acceptors (Lipinski definition) is 4. The summed E-state index contributed by atoms with van der Waals surface area (Å²) in [6, 6.07) is 0.0314. The zero-order valence-electron chi connectivity index (χ0n) is 6.79. The maximum Gasteiger partial charge on any atom is 0.111 e. The van der Waals surface area contributed by atoms with Crippen molar-refractivity contribution in [3.63, 3.8) is 0 Å². The van der Waals surface area contributed by atoms with Crippen LogP contribution in [-0.4, -0.2) is 10.7 Å². The number of aromatic nitrogens is 1. The average Bonchev–Trinajstić information content (AvgIpc) is 2.60. The third-order valence-corrected chi connectivity index (χ3v) is 3.81. The van der Waals surface area contributed by atoms with E-state index in [1.165, 1.54) is 23.4 Å². The molecule has 1 aliphatic rings. The summed E-state index contributed by atoms with van der Waals surface area (Å²) in [5, 5.41) is 1.06. The van der Waals surface area contributed by atoms with Crippen molar-refractivity contribution in [2.75, 3.05) is 5.75 Å². The first kappa shape index (κ1) is 8.53. The minimum Gasteiger partial charge on any atom is -0.321 e. The zero-order valence-corrected chi connectivity index (χ0v) is 8.50. The lowest BCUT2D eigenvalue weighted by molar-refractivity contribution is 0.806. The van der Waals surface area contributed by atoms with Gasteiger partial charge in [-0.1, -0.05) is 0 Å². The van der Waals surface area contributed by atoms with Crippen LogP contribution in [0.3, 0.4) is 0 Å². The van der Waals surface area contributed by atoms with Crippen LogP contribution < -0.4 is 5.73 Å². The molecule has 1 aliphatic carbocycles. The highest BCUT2D eigenvalue weighted by molar-refractivity contribution is 7.80. The Morgan fingerprint density at radius 3 is 3.08 bits per heavy atom. The zero-order chi connectivity index (χ0) is 8.55. The Morgan fingerprint density at radius 1 is 1.58 bits per heavy atom. The van der Waals surface area contributed by atoms with Crippen molar-refractivity contribution in [1.82, 2.24) is 4.98 Å². The van der Waals surface area contributed by atoms with Gasteiger partial charge in [-0.05, 0) is 19.3 Å². The summed E-state index contributed by atoms with van der Waals surface area (Å²) in [7, 11) is 0. The normalized spacial score (nSPS) is 17.8. The van der Waals surface area contributed by atoms with Crippen molar-refractivity contribution in [3.05, 3.63) is 15.6 Å². The summed E-state index contributed by atoms with van der Waals surface area (Å²) in [6.45, 7) is 0. The van der Waals surface area contributed by atoms with Crippen LogP contribution in [0.15, 0.2) is 0 Å². The molecule has 0 saturated heterocycles. The Balaban J connectivity index is 2.25. The third kappa shape index (κ3) is 1.39. The molecule has 0 aliphatic heterocycles. The first-order valence-corrected chi connectivity index (χ1v) is 5.61. The molecule has 4 heteroatoms. The minimum absolute atomic E-state index is 0.0314. The standard InChI is InChI=1S/C8H12N2S2/c9-5(4-11)8-10-6-2-1-3-7(6)12-8/h5,11H,1-4,9H2. The average molecular weight is 200 g/mol. The fourth-order valence-corrected chi connectivity index (χ4v) is 2.90. The molecule has 0 fully saturated rings. The lowest BCUT2D eigenvalue weighted by Crippen LogP contribution is -2.11. The van der Waals surface area contributed by atoms with Gasteiger partial charge in [0, 0.05) is 10.6 Å². The van der Waals surface area contributed by atoms with Crippen LogP contribution in [0.4, 0.5) is 0 Å². The van der Waals surface area contributed by atoms with Gasteiger partial charge < -0.3 is 5.73 Å². The molecule has 0 aromatic carbocycles. The molecule has 1 atom stereocenters. The van der Waals surface area contributed by atoms with E-state index in [0.717, 1.165) is 11.4 Å². The van der Waals surface area contributed by atoms with Crippen molar-refractivity contribution in [2.24, 2.45) is 5.73 Å². The summed E-state index contributed by atoms with van der Waals surface area (Å²) >= 11 is 5.93. The molecule has 0 bridgehead atoms. The molecule has 0 spiro atoms. The van der Waals surface area contributed by atoms with Crippen LogP contribution >= 0.6 is 24.0 Å². The van der Waals surface area contributed by atoms with Gasteiger partial charge in [-0.3, -0.25) is 0 Å². The van der Waals surface area contributed by atoms with Gasteiger partial charge in [0.15, 0.2) is 0 Å². The lowest BCUT2D eigenvalue weighted by Gasteiger charge is -2.02. The minimum atomic E-state index is 0.0314. The monoisotopic (exact) mass is 200 g/mol. The molecule has 1 unspecified atom stereocenters. The molecule has 0 radical (unpaired) electrons. The van der Waals surface area contributed by atoms with E-state index in [1.807, 2.05) is 0 Å². The van der Waals surface area contributed by atoms with E-state index in [-0.39, 0.29) is 6.04 Å². The number of fused-ring (bicyclic) bond motifs is 1. The van der Waals surface area contributed by atoms with Gasteiger partial charge in [0.25, 0.3) is 0 Å². The summed E-state index contributed by atoms with van der Waals surface area (Å²) in [5.41, 5.74) is 7.11. The molecular weight excluding hydrogens is 188 g/mol. The maximum atomic E-state index is 5.83. The smallest absolute Gasteiger partial charge is 0.111 e. The fourth-order valence-electron chi connectivity index (χ4n) is 1.45. The van der Waals surface area contributed by atoms with E-state index in [9.17, 15) is 0 Å². The van der Waals surface area contributed by atoms with Gasteiger partial charge in [-0.15, -0.1) is 11.3 Å². The first-order chi connectivity index (χ1) is 5.81. The third-order valence-electron chi connectivity index (χ3n) is 2.13. The van der Waals surface area contributed by atoms with Crippen LogP contribution in [0.25, 0.3) is 0 Å². The number of aryl methyl sites for hydroxylation is 2. The van der Waals surface area contributed by atoms with Crippen molar-refractivity contribution < 1.29 is 0 Å². The highest BCUT2D eigenvalue weighted by atomic mass is 32.1. The molecular formula is C8H12N2S2. The lowest BCUT2D eigenvalue weighted by atomic mass is 10.3. The van der Waals surface area contributed by atoms with E-state index in [2.05, 4.69) is 17.6 Å². The second kappa shape index (κ2) is 3.36. The number of rotatable bonds is 2. The quantitative estimate of drug-likeness (QED) is 0.711. The number of nitrogens with two attached hydrogens (primary N) is 1.